The van der Waals surface area contributed by atoms with E-state index in [1.54, 1.807) is 0 Å². The number of hydrogen-bond acceptors (Lipinski definition) is 4. The highest BCUT2D eigenvalue weighted by Gasteiger charge is 2.15. The monoisotopic (exact) mass is 251 g/mol. The fourth-order valence-corrected chi connectivity index (χ4v) is 1.75. The van der Waals surface area contributed by atoms with Crippen molar-refractivity contribution in [1.29, 1.82) is 0 Å². The number of aliphatic carboxylic acids is 1. The first-order valence-electron chi connectivity index (χ1n) is 5.14. The molecule has 0 saturated carbocycles. The molecule has 1 aromatic carbocycles. The molecule has 7 heteroatoms. The zero-order valence-electron chi connectivity index (χ0n) is 9.26. The minimum Gasteiger partial charge on any atom is -0.481 e. The lowest BCUT2D eigenvalue weighted by molar-refractivity contribution is -0.136. The van der Waals surface area contributed by atoms with Gasteiger partial charge in [0.1, 0.15) is 5.82 Å². The molecule has 2 aromatic rings. The summed E-state index contributed by atoms with van der Waals surface area (Å²) in [6.45, 7) is -0.240. The number of nitrogens with zero attached hydrogens (tertiary/aromatic N) is 2. The van der Waals surface area contributed by atoms with Crippen molar-refractivity contribution < 1.29 is 14.3 Å². The molecule has 0 radical (unpaired) electrons. The van der Waals surface area contributed by atoms with Crippen molar-refractivity contribution in [3.63, 3.8) is 0 Å². The topological polar surface area (TPSA) is 98.2 Å². The fourth-order valence-electron chi connectivity index (χ4n) is 1.75. The quantitative estimate of drug-likeness (QED) is 0.804. The Bertz CT molecular complexity index is 681. The lowest BCUT2D eigenvalue weighted by Gasteiger charge is -2.08. The van der Waals surface area contributed by atoms with Crippen LogP contribution < -0.4 is 11.3 Å². The second kappa shape index (κ2) is 4.53. The number of rotatable bonds is 3. The third-order valence-corrected chi connectivity index (χ3v) is 2.51. The van der Waals surface area contributed by atoms with Crippen LogP contribution in [0.3, 0.4) is 0 Å². The zero-order chi connectivity index (χ0) is 13.3. The van der Waals surface area contributed by atoms with Crippen molar-refractivity contribution in [2.75, 3.05) is 0 Å². The molecule has 0 fully saturated rings. The molecule has 94 valence electrons. The van der Waals surface area contributed by atoms with E-state index in [9.17, 15) is 14.0 Å². The van der Waals surface area contributed by atoms with E-state index in [0.717, 1.165) is 10.7 Å². The maximum Gasteiger partial charge on any atom is 0.309 e. The molecule has 0 aliphatic heterocycles. The predicted molar refractivity (Wildman–Crippen MR) is 61.5 cm³/mol. The number of carbonyl (C=O) groups is 1. The van der Waals surface area contributed by atoms with Gasteiger partial charge in [-0.3, -0.25) is 9.59 Å². The van der Waals surface area contributed by atoms with Crippen molar-refractivity contribution in [3.05, 3.63) is 40.1 Å². The Morgan fingerprint density at radius 2 is 2.22 bits per heavy atom. The van der Waals surface area contributed by atoms with E-state index < -0.39 is 23.8 Å². The van der Waals surface area contributed by atoms with Crippen LogP contribution in [0.4, 0.5) is 4.39 Å². The summed E-state index contributed by atoms with van der Waals surface area (Å²) in [7, 11) is 0. The predicted octanol–water partition coefficient (Wildman–Crippen LogP) is 0.0789. The van der Waals surface area contributed by atoms with E-state index in [2.05, 4.69) is 5.10 Å². The third-order valence-electron chi connectivity index (χ3n) is 2.51. The molecule has 18 heavy (non-hydrogen) atoms. The van der Waals surface area contributed by atoms with Crippen LogP contribution in [0.25, 0.3) is 10.8 Å². The van der Waals surface area contributed by atoms with Gasteiger partial charge in [-0.25, -0.2) is 9.07 Å². The Morgan fingerprint density at radius 3 is 2.83 bits per heavy atom. The minimum absolute atomic E-state index is 0.113. The molecule has 0 bridgehead atoms. The normalized spacial score (nSPS) is 10.8. The maximum absolute atomic E-state index is 13.7. The van der Waals surface area contributed by atoms with Gasteiger partial charge in [0.15, 0.2) is 0 Å². The third kappa shape index (κ3) is 1.95. The summed E-state index contributed by atoms with van der Waals surface area (Å²) in [5.41, 5.74) is 4.77. The van der Waals surface area contributed by atoms with Crippen LogP contribution in [0, 0.1) is 5.82 Å². The molecule has 2 rings (SSSR count). The van der Waals surface area contributed by atoms with Crippen molar-refractivity contribution in [2.24, 2.45) is 5.73 Å². The summed E-state index contributed by atoms with van der Waals surface area (Å²) in [5, 5.41) is 12.6. The Hall–Kier alpha value is -2.28. The summed E-state index contributed by atoms with van der Waals surface area (Å²) in [5.74, 6) is -1.83. The molecule has 1 heterocycles. The van der Waals surface area contributed by atoms with Gasteiger partial charge in [-0.1, -0.05) is 12.1 Å². The summed E-state index contributed by atoms with van der Waals surface area (Å²) >= 11 is 0. The Labute approximate surface area is 100 Å². The van der Waals surface area contributed by atoms with E-state index in [1.165, 1.54) is 12.1 Å². The molecule has 0 amide bonds. The summed E-state index contributed by atoms with van der Waals surface area (Å²) in [6.07, 6.45) is -0.403. The zero-order valence-corrected chi connectivity index (χ0v) is 9.26. The summed E-state index contributed by atoms with van der Waals surface area (Å²) < 4.78 is 14.5. The SMILES string of the molecule is NCn1nc(CC(=O)O)c2cccc(F)c2c1=O. The second-order valence-electron chi connectivity index (χ2n) is 3.67. The van der Waals surface area contributed by atoms with Gasteiger partial charge in [0, 0.05) is 5.39 Å². The Balaban J connectivity index is 2.86. The highest BCUT2D eigenvalue weighted by Crippen LogP contribution is 2.17. The van der Waals surface area contributed by atoms with Gasteiger partial charge >= 0.3 is 5.97 Å². The number of carboxylic acid groups (broad SMARTS) is 1. The maximum atomic E-state index is 13.7. The number of benzene rings is 1. The molecule has 1 aromatic heterocycles. The van der Waals surface area contributed by atoms with Crippen molar-refractivity contribution in [1.82, 2.24) is 9.78 Å². The molecular formula is C11H10FN3O3. The Morgan fingerprint density at radius 1 is 1.50 bits per heavy atom. The van der Waals surface area contributed by atoms with Gasteiger partial charge in [0.2, 0.25) is 0 Å². The lowest BCUT2D eigenvalue weighted by atomic mass is 10.1. The number of nitrogens with two attached hydrogens (primary N) is 1. The largest absolute Gasteiger partial charge is 0.481 e. The number of hydrogen-bond donors (Lipinski definition) is 2. The van der Waals surface area contributed by atoms with E-state index in [-0.39, 0.29) is 23.1 Å². The number of aromatic nitrogens is 2. The molecule has 0 unspecified atom stereocenters. The van der Waals surface area contributed by atoms with E-state index >= 15 is 0 Å². The van der Waals surface area contributed by atoms with Gasteiger partial charge < -0.3 is 10.8 Å². The molecule has 0 aliphatic carbocycles. The van der Waals surface area contributed by atoms with Crippen molar-refractivity contribution >= 4 is 16.7 Å². The molecule has 6 nitrogen and oxygen atoms in total. The van der Waals surface area contributed by atoms with Gasteiger partial charge in [-0.2, -0.15) is 5.10 Å². The lowest BCUT2D eigenvalue weighted by Crippen LogP contribution is -2.29. The average molecular weight is 251 g/mol. The molecule has 0 saturated heterocycles. The number of halogens is 1. The first-order chi connectivity index (χ1) is 8.54. The smallest absolute Gasteiger partial charge is 0.309 e. The standard InChI is InChI=1S/C11H10FN3O3/c12-7-3-1-2-6-8(4-9(16)17)14-15(5-13)11(18)10(6)7/h1-3H,4-5,13H2,(H,16,17). The average Bonchev–Trinajstić information content (AvgIpc) is 2.32. The van der Waals surface area contributed by atoms with Crippen LogP contribution in [0.5, 0.6) is 0 Å². The van der Waals surface area contributed by atoms with Crippen LogP contribution in [-0.4, -0.2) is 20.9 Å². The van der Waals surface area contributed by atoms with Gasteiger partial charge in [0.05, 0.1) is 24.2 Å². The summed E-state index contributed by atoms with van der Waals surface area (Å²) in [4.78, 5) is 22.6. The van der Waals surface area contributed by atoms with Crippen LogP contribution >= 0.6 is 0 Å². The van der Waals surface area contributed by atoms with E-state index in [0.29, 0.717) is 0 Å². The second-order valence-corrected chi connectivity index (χ2v) is 3.67. The molecule has 0 aliphatic rings. The van der Waals surface area contributed by atoms with Crippen molar-refractivity contribution in [3.8, 4) is 0 Å². The van der Waals surface area contributed by atoms with E-state index in [1.807, 2.05) is 0 Å². The van der Waals surface area contributed by atoms with Crippen LogP contribution in [-0.2, 0) is 17.9 Å². The molecular weight excluding hydrogens is 241 g/mol. The van der Waals surface area contributed by atoms with Gasteiger partial charge in [0.25, 0.3) is 5.56 Å². The van der Waals surface area contributed by atoms with Gasteiger partial charge in [-0.15, -0.1) is 0 Å². The van der Waals surface area contributed by atoms with Crippen molar-refractivity contribution in [2.45, 2.75) is 13.1 Å². The van der Waals surface area contributed by atoms with E-state index in [4.69, 9.17) is 10.8 Å². The van der Waals surface area contributed by atoms with Crippen LogP contribution in [0.1, 0.15) is 5.69 Å². The summed E-state index contributed by atoms with van der Waals surface area (Å²) in [6, 6.07) is 4.00. The molecule has 3 N–H and O–H groups in total. The minimum atomic E-state index is -1.12. The fraction of sp³-hybridized carbons (Fsp3) is 0.182. The molecule has 0 atom stereocenters. The number of fused-ring (bicyclic) bond motifs is 1. The number of carboxylic acids is 1. The Kier molecular flexibility index (Phi) is 3.07. The van der Waals surface area contributed by atoms with Crippen LogP contribution in [0.2, 0.25) is 0 Å². The van der Waals surface area contributed by atoms with Gasteiger partial charge in [-0.05, 0) is 6.07 Å². The van der Waals surface area contributed by atoms with Crippen LogP contribution in [0.15, 0.2) is 23.0 Å². The highest BCUT2D eigenvalue weighted by atomic mass is 19.1. The molecule has 0 spiro atoms. The highest BCUT2D eigenvalue weighted by molar-refractivity contribution is 5.87. The first kappa shape index (κ1) is 12.2. The first-order valence-corrected chi connectivity index (χ1v) is 5.14.